The summed E-state index contributed by atoms with van der Waals surface area (Å²) in [4.78, 5) is 11.7. The number of amides is 1. The van der Waals surface area contributed by atoms with Crippen molar-refractivity contribution in [3.05, 3.63) is 35.6 Å². The first-order chi connectivity index (χ1) is 8.04. The zero-order valence-corrected chi connectivity index (χ0v) is 8.29. The fraction of sp³-hybridized carbons (Fsp3) is 0.417. The molecular formula is C12H14FNO. The van der Waals surface area contributed by atoms with Crippen LogP contribution in [0.15, 0.2) is 24.3 Å². The van der Waals surface area contributed by atoms with Gasteiger partial charge in [0.1, 0.15) is 5.82 Å². The highest BCUT2D eigenvalue weighted by Crippen LogP contribution is 2.17. The second kappa shape index (κ2) is 4.43. The smallest absolute Gasteiger partial charge is 0.223 e. The Morgan fingerprint density at radius 2 is 2.27 bits per heavy atom. The lowest BCUT2D eigenvalue weighted by atomic mass is 9.91. The Balaban J connectivity index is 2.26. The minimum Gasteiger partial charge on any atom is -0.356 e. The van der Waals surface area contributed by atoms with Crippen LogP contribution >= 0.6 is 0 Å². The number of carbonyl (C=O) groups excluding carboxylic acids is 1. The third-order valence-corrected chi connectivity index (χ3v) is 2.41. The van der Waals surface area contributed by atoms with Gasteiger partial charge in [0.05, 0.1) is 0 Å². The zero-order valence-electron chi connectivity index (χ0n) is 10.3. The number of benzene rings is 1. The summed E-state index contributed by atoms with van der Waals surface area (Å²) in [5.41, 5.74) is 0.499. The molecule has 80 valence electrons. The maximum atomic E-state index is 12.8. The number of piperidine rings is 1. The van der Waals surface area contributed by atoms with E-state index in [-0.39, 0.29) is 5.82 Å². The summed E-state index contributed by atoms with van der Waals surface area (Å²) in [6.07, 6.45) is 0.0827. The van der Waals surface area contributed by atoms with Crippen molar-refractivity contribution in [3.8, 4) is 0 Å². The highest BCUT2D eigenvalue weighted by Gasteiger charge is 2.21. The standard InChI is InChI=1S/C12H14FNO/c13-11-5-3-9(4-6-11)8-10-2-1-7-14-12(10)15/h3-6,10H,1-2,7-8H2,(H,14,15)/i8D,10D. The van der Waals surface area contributed by atoms with Gasteiger partial charge in [-0.15, -0.1) is 0 Å². The molecule has 2 rings (SSSR count). The number of hydrogen-bond acceptors (Lipinski definition) is 1. The Kier molecular flexibility index (Phi) is 2.32. The monoisotopic (exact) mass is 209 g/mol. The van der Waals surface area contributed by atoms with Crippen LogP contribution in [0.4, 0.5) is 4.39 Å². The van der Waals surface area contributed by atoms with Crippen molar-refractivity contribution in [2.24, 2.45) is 5.89 Å². The number of carbonyl (C=O) groups is 1. The van der Waals surface area contributed by atoms with Gasteiger partial charge in [-0.2, -0.15) is 0 Å². The molecule has 0 spiro atoms. The minimum absolute atomic E-state index is 0.365. The Bertz CT molecular complexity index is 423. The van der Waals surface area contributed by atoms with E-state index in [0.717, 1.165) is 0 Å². The Labute approximate surface area is 91.3 Å². The third kappa shape index (κ3) is 2.55. The molecular weight excluding hydrogens is 193 g/mol. The van der Waals surface area contributed by atoms with Crippen molar-refractivity contribution in [1.82, 2.24) is 5.32 Å². The van der Waals surface area contributed by atoms with E-state index in [4.69, 9.17) is 2.74 Å². The van der Waals surface area contributed by atoms with Gasteiger partial charge in [-0.25, -0.2) is 4.39 Å². The molecule has 1 saturated heterocycles. The molecule has 3 heteroatoms. The first-order valence-electron chi connectivity index (χ1n) is 6.08. The number of nitrogens with one attached hydrogen (secondary N) is 1. The van der Waals surface area contributed by atoms with Crippen molar-refractivity contribution in [1.29, 1.82) is 0 Å². The van der Waals surface area contributed by atoms with Crippen molar-refractivity contribution in [3.63, 3.8) is 0 Å². The van der Waals surface area contributed by atoms with Crippen LogP contribution in [0.1, 0.15) is 21.1 Å². The molecule has 0 aliphatic carbocycles. The number of halogens is 1. The van der Waals surface area contributed by atoms with Crippen molar-refractivity contribution in [2.45, 2.75) is 19.2 Å². The predicted octanol–water partition coefficient (Wildman–Crippen LogP) is 1.89. The first kappa shape index (κ1) is 7.85. The van der Waals surface area contributed by atoms with Crippen molar-refractivity contribution >= 4 is 5.91 Å². The summed E-state index contributed by atoms with van der Waals surface area (Å²) < 4.78 is 28.9. The lowest BCUT2D eigenvalue weighted by Crippen LogP contribution is -2.37. The Morgan fingerprint density at radius 1 is 1.53 bits per heavy atom. The molecule has 2 nitrogen and oxygen atoms in total. The lowest BCUT2D eigenvalue weighted by molar-refractivity contribution is -0.126. The molecule has 1 aromatic rings. The van der Waals surface area contributed by atoms with Gasteiger partial charge in [-0.3, -0.25) is 4.79 Å². The second-order valence-electron chi connectivity index (χ2n) is 3.58. The molecule has 1 fully saturated rings. The van der Waals surface area contributed by atoms with E-state index in [1.54, 1.807) is 0 Å². The van der Waals surface area contributed by atoms with Gasteiger partial charge in [0, 0.05) is 15.2 Å². The fourth-order valence-electron chi connectivity index (χ4n) is 1.61. The Morgan fingerprint density at radius 3 is 2.93 bits per heavy atom. The molecule has 0 radical (unpaired) electrons. The predicted molar refractivity (Wildman–Crippen MR) is 55.8 cm³/mol. The number of rotatable bonds is 2. The highest BCUT2D eigenvalue weighted by atomic mass is 19.1. The Hall–Kier alpha value is -1.38. The molecule has 1 aliphatic rings. The van der Waals surface area contributed by atoms with Crippen LogP contribution in [0.2, 0.25) is 0 Å². The molecule has 0 bridgehead atoms. The van der Waals surface area contributed by atoms with E-state index in [1.807, 2.05) is 0 Å². The van der Waals surface area contributed by atoms with Gasteiger partial charge in [0.25, 0.3) is 0 Å². The van der Waals surface area contributed by atoms with E-state index < -0.39 is 18.2 Å². The van der Waals surface area contributed by atoms with E-state index >= 15 is 0 Å². The average Bonchev–Trinajstić information content (AvgIpc) is 2.33. The average molecular weight is 209 g/mol. The summed E-state index contributed by atoms with van der Waals surface area (Å²) in [6, 6.07) is 5.43. The van der Waals surface area contributed by atoms with Crippen LogP contribution in [0.5, 0.6) is 0 Å². The van der Waals surface area contributed by atoms with Crippen LogP contribution in [0, 0.1) is 11.7 Å². The summed E-state index contributed by atoms with van der Waals surface area (Å²) >= 11 is 0. The van der Waals surface area contributed by atoms with Crippen LogP contribution in [0.25, 0.3) is 0 Å². The SMILES string of the molecule is [2H]C(c1ccc(F)cc1)C1([2H])CCCNC1=O. The lowest BCUT2D eigenvalue weighted by Gasteiger charge is -2.21. The van der Waals surface area contributed by atoms with Crippen molar-refractivity contribution < 1.29 is 11.9 Å². The molecule has 1 aromatic carbocycles. The molecule has 1 aliphatic heterocycles. The maximum Gasteiger partial charge on any atom is 0.223 e. The quantitative estimate of drug-likeness (QED) is 0.791. The van der Waals surface area contributed by atoms with E-state index in [2.05, 4.69) is 5.32 Å². The molecule has 0 saturated carbocycles. The molecule has 0 aromatic heterocycles. The molecule has 2 atom stereocenters. The van der Waals surface area contributed by atoms with Gasteiger partial charge >= 0.3 is 0 Å². The summed E-state index contributed by atoms with van der Waals surface area (Å²) in [5, 5.41) is 2.61. The van der Waals surface area contributed by atoms with Crippen LogP contribution in [-0.2, 0) is 11.2 Å². The minimum atomic E-state index is -1.46. The number of hydrogen-bond donors (Lipinski definition) is 1. The van der Waals surface area contributed by atoms with Crippen LogP contribution < -0.4 is 5.32 Å². The maximum absolute atomic E-state index is 12.8. The molecule has 15 heavy (non-hydrogen) atoms. The first-order valence-corrected chi connectivity index (χ1v) is 5.00. The molecule has 1 heterocycles. The topological polar surface area (TPSA) is 29.1 Å². The molecule has 1 N–H and O–H groups in total. The zero-order chi connectivity index (χ0) is 12.5. The van der Waals surface area contributed by atoms with Gasteiger partial charge in [-0.1, -0.05) is 12.1 Å². The van der Waals surface area contributed by atoms with Gasteiger partial charge in [0.2, 0.25) is 5.91 Å². The van der Waals surface area contributed by atoms with Gasteiger partial charge in [-0.05, 0) is 36.9 Å². The van der Waals surface area contributed by atoms with E-state index in [1.165, 1.54) is 24.3 Å². The summed E-state index contributed by atoms with van der Waals surface area (Å²) in [6.45, 7) is 0.565. The molecule has 1 amide bonds. The normalized spacial score (nSPS) is 30.1. The largest absolute Gasteiger partial charge is 0.356 e. The van der Waals surface area contributed by atoms with Crippen LogP contribution in [-0.4, -0.2) is 12.5 Å². The van der Waals surface area contributed by atoms with Crippen molar-refractivity contribution in [2.75, 3.05) is 6.54 Å². The summed E-state index contributed by atoms with van der Waals surface area (Å²) in [7, 11) is 0. The van der Waals surface area contributed by atoms with E-state index in [0.29, 0.717) is 24.9 Å². The van der Waals surface area contributed by atoms with Crippen LogP contribution in [0.3, 0.4) is 0 Å². The third-order valence-electron chi connectivity index (χ3n) is 2.41. The summed E-state index contributed by atoms with van der Waals surface area (Å²) in [5.74, 6) is -2.25. The fourth-order valence-corrected chi connectivity index (χ4v) is 1.61. The molecule has 2 unspecified atom stereocenters. The highest BCUT2D eigenvalue weighted by molar-refractivity contribution is 5.79. The van der Waals surface area contributed by atoms with Gasteiger partial charge in [0.15, 0.2) is 0 Å². The van der Waals surface area contributed by atoms with E-state index in [9.17, 15) is 9.18 Å². The van der Waals surface area contributed by atoms with Gasteiger partial charge < -0.3 is 5.32 Å². The second-order valence-corrected chi connectivity index (χ2v) is 3.58.